The van der Waals surface area contributed by atoms with E-state index in [2.05, 4.69) is 10.1 Å². The van der Waals surface area contributed by atoms with Crippen LogP contribution in [0.15, 0.2) is 0 Å². The highest BCUT2D eigenvalue weighted by molar-refractivity contribution is 5.76. The Bertz CT molecular complexity index is 298. The quantitative estimate of drug-likeness (QED) is 0.581. The van der Waals surface area contributed by atoms with Crippen LogP contribution in [0.5, 0.6) is 0 Å². The van der Waals surface area contributed by atoms with Crippen molar-refractivity contribution in [1.29, 1.82) is 0 Å². The smallest absolute Gasteiger partial charge is 0.407 e. The van der Waals surface area contributed by atoms with Crippen molar-refractivity contribution in [2.75, 3.05) is 33.4 Å². The number of nitrogens with zero attached hydrogens (tertiary/aromatic N) is 1. The summed E-state index contributed by atoms with van der Waals surface area (Å²) in [4.78, 5) is 24.0. The number of piperidine rings is 1. The molecule has 7 heteroatoms. The second-order valence-corrected chi connectivity index (χ2v) is 4.61. The van der Waals surface area contributed by atoms with E-state index in [9.17, 15) is 9.59 Å². The Kier molecular flexibility index (Phi) is 5.87. The minimum absolute atomic E-state index is 0.0814. The third kappa shape index (κ3) is 4.89. The van der Waals surface area contributed by atoms with E-state index in [4.69, 9.17) is 10.8 Å². The molecule has 7 nitrogen and oxygen atoms in total. The average Bonchev–Trinajstić information content (AvgIpc) is 2.28. The zero-order valence-electron chi connectivity index (χ0n) is 10.6. The summed E-state index contributed by atoms with van der Waals surface area (Å²) in [6.45, 7) is 1.55. The molecule has 0 aliphatic carbocycles. The van der Waals surface area contributed by atoms with Gasteiger partial charge in [0, 0.05) is 25.7 Å². The first kappa shape index (κ1) is 14.7. The lowest BCUT2D eigenvalue weighted by molar-refractivity contribution is -0.119. The Morgan fingerprint density at radius 3 is 2.78 bits per heavy atom. The largest absolute Gasteiger partial charge is 0.453 e. The van der Waals surface area contributed by atoms with Crippen LogP contribution in [0.1, 0.15) is 12.8 Å². The number of nitrogens with two attached hydrogens (primary N) is 1. The second kappa shape index (κ2) is 7.17. The predicted molar refractivity (Wildman–Crippen MR) is 64.8 cm³/mol. The molecule has 2 unspecified atom stereocenters. The van der Waals surface area contributed by atoms with Crippen molar-refractivity contribution in [3.05, 3.63) is 0 Å². The Hall–Kier alpha value is -1.34. The van der Waals surface area contributed by atoms with Crippen LogP contribution < -0.4 is 11.1 Å². The van der Waals surface area contributed by atoms with Crippen LogP contribution >= 0.6 is 0 Å². The van der Waals surface area contributed by atoms with Crippen molar-refractivity contribution in [3.63, 3.8) is 0 Å². The normalized spacial score (nSPS) is 24.6. The molecule has 0 aromatic heterocycles. The van der Waals surface area contributed by atoms with Crippen LogP contribution in [0.2, 0.25) is 0 Å². The van der Waals surface area contributed by atoms with Crippen molar-refractivity contribution in [3.8, 4) is 0 Å². The van der Waals surface area contributed by atoms with Gasteiger partial charge < -0.3 is 20.9 Å². The first-order chi connectivity index (χ1) is 8.55. The number of likely N-dealkylation sites (tertiary alicyclic amines) is 1. The van der Waals surface area contributed by atoms with Gasteiger partial charge in [0.1, 0.15) is 0 Å². The van der Waals surface area contributed by atoms with Crippen LogP contribution in [-0.4, -0.2) is 61.4 Å². The van der Waals surface area contributed by atoms with Crippen molar-refractivity contribution in [2.24, 2.45) is 11.7 Å². The van der Waals surface area contributed by atoms with E-state index in [-0.39, 0.29) is 25.1 Å². The van der Waals surface area contributed by atoms with Gasteiger partial charge in [0.2, 0.25) is 5.91 Å². The molecule has 104 valence electrons. The maximum atomic E-state index is 11.2. The second-order valence-electron chi connectivity index (χ2n) is 4.61. The lowest BCUT2D eigenvalue weighted by Gasteiger charge is -2.37. The van der Waals surface area contributed by atoms with Gasteiger partial charge in [0.25, 0.3) is 0 Å². The zero-order chi connectivity index (χ0) is 13.5. The van der Waals surface area contributed by atoms with Gasteiger partial charge in [-0.3, -0.25) is 9.69 Å². The number of hydrogen-bond donors (Lipinski definition) is 3. The van der Waals surface area contributed by atoms with Gasteiger partial charge in [0.05, 0.1) is 13.7 Å². The van der Waals surface area contributed by atoms with Crippen LogP contribution in [0.25, 0.3) is 0 Å². The Morgan fingerprint density at radius 1 is 1.50 bits per heavy atom. The number of amides is 2. The molecule has 1 aliphatic rings. The molecule has 2 amide bonds. The fourth-order valence-corrected chi connectivity index (χ4v) is 2.37. The summed E-state index contributed by atoms with van der Waals surface area (Å²) in [5.41, 5.74) is 5.17. The molecule has 0 radical (unpaired) electrons. The van der Waals surface area contributed by atoms with Gasteiger partial charge in [-0.25, -0.2) is 4.79 Å². The SMILES string of the molecule is COC(=O)NC1CC(CCO)CN(CC(N)=O)C1. The molecular weight excluding hydrogens is 238 g/mol. The number of primary amides is 1. The van der Waals surface area contributed by atoms with Gasteiger partial charge in [-0.05, 0) is 18.8 Å². The summed E-state index contributed by atoms with van der Waals surface area (Å²) in [6.07, 6.45) is 0.933. The van der Waals surface area contributed by atoms with Crippen molar-refractivity contribution >= 4 is 12.0 Å². The Morgan fingerprint density at radius 2 is 2.22 bits per heavy atom. The summed E-state index contributed by atoms with van der Waals surface area (Å²) in [6, 6.07) is -0.0814. The molecule has 0 spiro atoms. The maximum absolute atomic E-state index is 11.2. The maximum Gasteiger partial charge on any atom is 0.407 e. The van der Waals surface area contributed by atoms with Crippen LogP contribution in [-0.2, 0) is 9.53 Å². The molecule has 1 fully saturated rings. The molecule has 18 heavy (non-hydrogen) atoms. The Balaban J connectivity index is 2.55. The third-order valence-electron chi connectivity index (χ3n) is 3.04. The average molecular weight is 259 g/mol. The Labute approximate surface area is 106 Å². The highest BCUT2D eigenvalue weighted by atomic mass is 16.5. The van der Waals surface area contributed by atoms with Crippen LogP contribution in [0.3, 0.4) is 0 Å². The molecule has 1 saturated heterocycles. The summed E-state index contributed by atoms with van der Waals surface area (Å²) in [5, 5.41) is 11.7. The molecule has 2 atom stereocenters. The summed E-state index contributed by atoms with van der Waals surface area (Å²) >= 11 is 0. The summed E-state index contributed by atoms with van der Waals surface area (Å²) in [5.74, 6) is -0.151. The van der Waals surface area contributed by atoms with Crippen molar-refractivity contribution in [1.82, 2.24) is 10.2 Å². The fraction of sp³-hybridized carbons (Fsp3) is 0.818. The first-order valence-electron chi connectivity index (χ1n) is 6.01. The van der Waals surface area contributed by atoms with E-state index in [1.165, 1.54) is 7.11 Å². The standard InChI is InChI=1S/C11H21N3O4/c1-18-11(17)13-9-4-8(2-3-15)5-14(6-9)7-10(12)16/h8-9,15H,2-7H2,1H3,(H2,12,16)(H,13,17). The number of alkyl carbamates (subject to hydrolysis) is 1. The molecule has 0 saturated carbocycles. The molecule has 0 aromatic rings. The van der Waals surface area contributed by atoms with Gasteiger partial charge in [0.15, 0.2) is 0 Å². The number of nitrogens with one attached hydrogen (secondary N) is 1. The fourth-order valence-electron chi connectivity index (χ4n) is 2.37. The number of carbonyl (C=O) groups excluding carboxylic acids is 2. The van der Waals surface area contributed by atoms with Crippen molar-refractivity contribution < 1.29 is 19.4 Å². The van der Waals surface area contributed by atoms with Gasteiger partial charge in [-0.2, -0.15) is 0 Å². The van der Waals surface area contributed by atoms with Gasteiger partial charge in [-0.1, -0.05) is 0 Å². The number of ether oxygens (including phenoxy) is 1. The number of carbonyl (C=O) groups is 2. The zero-order valence-corrected chi connectivity index (χ0v) is 10.6. The number of aliphatic hydroxyl groups excluding tert-OH is 1. The molecule has 1 aliphatic heterocycles. The number of rotatable bonds is 5. The molecule has 4 N–H and O–H groups in total. The summed E-state index contributed by atoms with van der Waals surface area (Å²) in [7, 11) is 1.31. The van der Waals surface area contributed by atoms with Crippen molar-refractivity contribution in [2.45, 2.75) is 18.9 Å². The highest BCUT2D eigenvalue weighted by Gasteiger charge is 2.28. The minimum atomic E-state index is -0.483. The van der Waals surface area contributed by atoms with Gasteiger partial charge in [-0.15, -0.1) is 0 Å². The van der Waals surface area contributed by atoms with E-state index in [1.54, 1.807) is 0 Å². The number of methoxy groups -OCH3 is 1. The van der Waals surface area contributed by atoms with E-state index < -0.39 is 12.0 Å². The summed E-state index contributed by atoms with van der Waals surface area (Å²) < 4.78 is 4.55. The minimum Gasteiger partial charge on any atom is -0.453 e. The number of hydrogen-bond acceptors (Lipinski definition) is 5. The molecule has 0 aromatic carbocycles. The van der Waals surface area contributed by atoms with Crippen LogP contribution in [0.4, 0.5) is 4.79 Å². The molecular formula is C11H21N3O4. The van der Waals surface area contributed by atoms with E-state index in [0.717, 1.165) is 6.42 Å². The lowest BCUT2D eigenvalue weighted by atomic mass is 9.92. The van der Waals surface area contributed by atoms with Crippen LogP contribution in [0, 0.1) is 5.92 Å². The predicted octanol–water partition coefficient (Wildman–Crippen LogP) is -1.10. The molecule has 1 rings (SSSR count). The van der Waals surface area contributed by atoms with E-state index in [1.807, 2.05) is 4.90 Å². The molecule has 0 bridgehead atoms. The molecule has 1 heterocycles. The number of aliphatic hydroxyl groups is 1. The highest BCUT2D eigenvalue weighted by Crippen LogP contribution is 2.19. The third-order valence-corrected chi connectivity index (χ3v) is 3.04. The first-order valence-corrected chi connectivity index (χ1v) is 6.01. The topological polar surface area (TPSA) is 105 Å². The van der Waals surface area contributed by atoms with E-state index >= 15 is 0 Å². The van der Waals surface area contributed by atoms with E-state index in [0.29, 0.717) is 19.5 Å². The lowest BCUT2D eigenvalue weighted by Crippen LogP contribution is -2.52. The monoisotopic (exact) mass is 259 g/mol. The van der Waals surface area contributed by atoms with Gasteiger partial charge >= 0.3 is 6.09 Å².